The van der Waals surface area contributed by atoms with Gasteiger partial charge in [0.25, 0.3) is 0 Å². The van der Waals surface area contributed by atoms with E-state index in [4.69, 9.17) is 5.11 Å². The zero-order chi connectivity index (χ0) is 14.1. The van der Waals surface area contributed by atoms with E-state index in [1.807, 2.05) is 37.3 Å². The van der Waals surface area contributed by atoms with E-state index < -0.39 is 5.97 Å². The molecule has 0 heterocycles. The van der Waals surface area contributed by atoms with Crippen LogP contribution < -0.4 is 5.32 Å². The zero-order valence-electron chi connectivity index (χ0n) is 11.5. The Kier molecular flexibility index (Phi) is 9.41. The molecule has 0 saturated heterocycles. The number of carbonyl (C=O) groups excluding carboxylic acids is 1. The Morgan fingerprint density at radius 2 is 1.85 bits per heavy atom. The van der Waals surface area contributed by atoms with Gasteiger partial charge in [0.15, 0.2) is 0 Å². The van der Waals surface area contributed by atoms with E-state index in [0.29, 0.717) is 13.1 Å². The van der Waals surface area contributed by atoms with Gasteiger partial charge in [-0.25, -0.2) is 0 Å². The van der Waals surface area contributed by atoms with Crippen LogP contribution in [-0.4, -0.2) is 41.5 Å². The lowest BCUT2D eigenvalue weighted by Gasteiger charge is -2.18. The first-order valence-electron chi connectivity index (χ1n) is 6.36. The summed E-state index contributed by atoms with van der Waals surface area (Å²) in [6, 6.07) is 9.61. The maximum Gasteiger partial charge on any atom is 0.317 e. The number of rotatable bonds is 8. The van der Waals surface area contributed by atoms with E-state index in [9.17, 15) is 9.59 Å². The molecular formula is C14H21ClN2O3. The lowest BCUT2D eigenvalue weighted by atomic mass is 10.2. The molecule has 6 heteroatoms. The molecule has 0 unspecified atom stereocenters. The van der Waals surface area contributed by atoms with Crippen molar-refractivity contribution in [3.05, 3.63) is 35.9 Å². The third kappa shape index (κ3) is 7.76. The summed E-state index contributed by atoms with van der Waals surface area (Å²) in [5, 5.41) is 11.5. The summed E-state index contributed by atoms with van der Waals surface area (Å²) in [7, 11) is 0. The second kappa shape index (κ2) is 10.2. The summed E-state index contributed by atoms with van der Waals surface area (Å²) in [4.78, 5) is 24.0. The standard InChI is InChI=1S/C14H20N2O3.ClH/c1-2-8-16(11-14(18)19)10-13(17)15-9-12-6-4-3-5-7-12;/h3-7H,2,8-11H2,1H3,(H,15,17)(H,18,19);1H. The van der Waals surface area contributed by atoms with Crippen molar-refractivity contribution in [2.45, 2.75) is 19.9 Å². The van der Waals surface area contributed by atoms with Gasteiger partial charge in [-0.1, -0.05) is 37.3 Å². The molecule has 0 radical (unpaired) electrons. The molecule has 0 fully saturated rings. The minimum atomic E-state index is -0.913. The van der Waals surface area contributed by atoms with Crippen molar-refractivity contribution in [2.75, 3.05) is 19.6 Å². The van der Waals surface area contributed by atoms with E-state index in [-0.39, 0.29) is 31.4 Å². The number of amides is 1. The number of carbonyl (C=O) groups is 2. The van der Waals surface area contributed by atoms with E-state index in [1.54, 1.807) is 4.90 Å². The first kappa shape index (κ1) is 18.4. The summed E-state index contributed by atoms with van der Waals surface area (Å²) < 4.78 is 0. The number of nitrogens with zero attached hydrogens (tertiary/aromatic N) is 1. The highest BCUT2D eigenvalue weighted by Crippen LogP contribution is 1.97. The lowest BCUT2D eigenvalue weighted by molar-refractivity contribution is -0.138. The highest BCUT2D eigenvalue weighted by atomic mass is 35.5. The Balaban J connectivity index is 0.00000361. The SMILES string of the molecule is CCCN(CC(=O)O)CC(=O)NCc1ccccc1.Cl. The van der Waals surface area contributed by atoms with Gasteiger partial charge in [-0.2, -0.15) is 0 Å². The van der Waals surface area contributed by atoms with Crippen LogP contribution in [0.1, 0.15) is 18.9 Å². The summed E-state index contributed by atoms with van der Waals surface area (Å²) in [6.07, 6.45) is 0.819. The van der Waals surface area contributed by atoms with Crippen molar-refractivity contribution in [2.24, 2.45) is 0 Å². The van der Waals surface area contributed by atoms with Crippen LogP contribution in [-0.2, 0) is 16.1 Å². The number of aliphatic carboxylic acids is 1. The van der Waals surface area contributed by atoms with Gasteiger partial charge in [-0.15, -0.1) is 12.4 Å². The van der Waals surface area contributed by atoms with Gasteiger partial charge in [0, 0.05) is 6.54 Å². The van der Waals surface area contributed by atoms with Gasteiger partial charge in [-0.05, 0) is 18.5 Å². The first-order valence-corrected chi connectivity index (χ1v) is 6.36. The lowest BCUT2D eigenvalue weighted by Crippen LogP contribution is -2.39. The predicted octanol–water partition coefficient (Wildman–Crippen LogP) is 1.52. The monoisotopic (exact) mass is 300 g/mol. The van der Waals surface area contributed by atoms with E-state index >= 15 is 0 Å². The molecule has 1 amide bonds. The van der Waals surface area contributed by atoms with E-state index in [2.05, 4.69) is 5.32 Å². The van der Waals surface area contributed by atoms with Crippen molar-refractivity contribution in [3.8, 4) is 0 Å². The van der Waals surface area contributed by atoms with Crippen molar-refractivity contribution in [1.82, 2.24) is 10.2 Å². The van der Waals surface area contributed by atoms with Gasteiger partial charge in [0.05, 0.1) is 13.1 Å². The van der Waals surface area contributed by atoms with Crippen LogP contribution in [0.2, 0.25) is 0 Å². The Morgan fingerprint density at radius 3 is 2.40 bits per heavy atom. The van der Waals surface area contributed by atoms with Crippen LogP contribution in [0.3, 0.4) is 0 Å². The Morgan fingerprint density at radius 1 is 1.20 bits per heavy atom. The van der Waals surface area contributed by atoms with Crippen molar-refractivity contribution in [3.63, 3.8) is 0 Å². The molecule has 2 N–H and O–H groups in total. The number of carboxylic acids is 1. The van der Waals surface area contributed by atoms with Crippen molar-refractivity contribution < 1.29 is 14.7 Å². The van der Waals surface area contributed by atoms with Crippen LogP contribution >= 0.6 is 12.4 Å². The maximum absolute atomic E-state index is 11.7. The molecule has 112 valence electrons. The van der Waals surface area contributed by atoms with Gasteiger partial charge >= 0.3 is 5.97 Å². The fourth-order valence-electron chi connectivity index (χ4n) is 1.78. The first-order chi connectivity index (χ1) is 9.11. The number of hydrogen-bond acceptors (Lipinski definition) is 3. The van der Waals surface area contributed by atoms with Gasteiger partial charge in [0.2, 0.25) is 5.91 Å². The zero-order valence-corrected chi connectivity index (χ0v) is 12.4. The average molecular weight is 301 g/mol. The maximum atomic E-state index is 11.7. The molecule has 0 saturated carbocycles. The Labute approximate surface area is 125 Å². The fraction of sp³-hybridized carbons (Fsp3) is 0.429. The molecule has 0 aliphatic heterocycles. The average Bonchev–Trinajstić information content (AvgIpc) is 2.37. The fourth-order valence-corrected chi connectivity index (χ4v) is 1.78. The molecule has 1 aromatic carbocycles. The third-order valence-corrected chi connectivity index (χ3v) is 2.60. The highest BCUT2D eigenvalue weighted by Gasteiger charge is 2.12. The Hall–Kier alpha value is -1.59. The molecule has 0 spiro atoms. The minimum Gasteiger partial charge on any atom is -0.480 e. The smallest absolute Gasteiger partial charge is 0.317 e. The molecular weight excluding hydrogens is 280 g/mol. The molecule has 0 aliphatic carbocycles. The summed E-state index contributed by atoms with van der Waals surface area (Å²) in [5.74, 6) is -1.07. The summed E-state index contributed by atoms with van der Waals surface area (Å²) in [6.45, 7) is 3.04. The van der Waals surface area contributed by atoms with Gasteiger partial charge < -0.3 is 10.4 Å². The molecule has 0 aliphatic rings. The van der Waals surface area contributed by atoms with Crippen molar-refractivity contribution in [1.29, 1.82) is 0 Å². The molecule has 20 heavy (non-hydrogen) atoms. The van der Waals surface area contributed by atoms with Crippen molar-refractivity contribution >= 4 is 24.3 Å². The molecule has 1 rings (SSSR count). The van der Waals surface area contributed by atoms with E-state index in [0.717, 1.165) is 12.0 Å². The summed E-state index contributed by atoms with van der Waals surface area (Å²) >= 11 is 0. The van der Waals surface area contributed by atoms with Crippen LogP contribution in [0.4, 0.5) is 0 Å². The molecule has 5 nitrogen and oxygen atoms in total. The highest BCUT2D eigenvalue weighted by molar-refractivity contribution is 5.85. The molecule has 0 atom stereocenters. The number of hydrogen-bond donors (Lipinski definition) is 2. The number of carboxylic acid groups (broad SMARTS) is 1. The number of benzene rings is 1. The van der Waals surface area contributed by atoms with Crippen LogP contribution in [0.5, 0.6) is 0 Å². The second-order valence-corrected chi connectivity index (χ2v) is 4.37. The number of nitrogens with one attached hydrogen (secondary N) is 1. The quantitative estimate of drug-likeness (QED) is 0.764. The summed E-state index contributed by atoms with van der Waals surface area (Å²) in [5.41, 5.74) is 1.02. The normalized spacial score (nSPS) is 9.90. The molecule has 0 bridgehead atoms. The third-order valence-electron chi connectivity index (χ3n) is 2.60. The topological polar surface area (TPSA) is 69.6 Å². The van der Waals surface area contributed by atoms with Gasteiger partial charge in [-0.3, -0.25) is 14.5 Å². The Bertz CT molecular complexity index is 412. The minimum absolute atomic E-state index is 0. The van der Waals surface area contributed by atoms with Gasteiger partial charge in [0.1, 0.15) is 0 Å². The van der Waals surface area contributed by atoms with Crippen LogP contribution in [0.25, 0.3) is 0 Å². The number of halogens is 1. The molecule has 0 aromatic heterocycles. The van der Waals surface area contributed by atoms with Crippen LogP contribution in [0.15, 0.2) is 30.3 Å². The van der Waals surface area contributed by atoms with E-state index in [1.165, 1.54) is 0 Å². The predicted molar refractivity (Wildman–Crippen MR) is 79.9 cm³/mol. The van der Waals surface area contributed by atoms with Crippen LogP contribution in [0, 0.1) is 0 Å². The largest absolute Gasteiger partial charge is 0.480 e. The molecule has 1 aromatic rings. The second-order valence-electron chi connectivity index (χ2n) is 4.37.